The van der Waals surface area contributed by atoms with E-state index >= 15 is 0 Å². The molecule has 0 unspecified atom stereocenters. The van der Waals surface area contributed by atoms with Gasteiger partial charge in [0, 0.05) is 24.5 Å². The minimum absolute atomic E-state index is 0.0250. The van der Waals surface area contributed by atoms with Crippen molar-refractivity contribution in [2.24, 2.45) is 4.99 Å². The van der Waals surface area contributed by atoms with Crippen LogP contribution in [-0.4, -0.2) is 31.1 Å². The summed E-state index contributed by atoms with van der Waals surface area (Å²) in [4.78, 5) is 48.4. The molecule has 1 saturated carbocycles. The van der Waals surface area contributed by atoms with Crippen molar-refractivity contribution in [1.82, 2.24) is 19.1 Å². The molecule has 8 nitrogen and oxygen atoms in total. The molecular weight excluding hydrogens is 346 g/mol. The van der Waals surface area contributed by atoms with Crippen molar-refractivity contribution in [1.29, 1.82) is 0 Å². The van der Waals surface area contributed by atoms with Crippen LogP contribution in [0.4, 0.5) is 0 Å². The Bertz CT molecular complexity index is 1230. The molecule has 0 atom stereocenters. The van der Waals surface area contributed by atoms with Crippen LogP contribution in [0.5, 0.6) is 0 Å². The first kappa shape index (κ1) is 17.1. The molecule has 1 aliphatic rings. The van der Waals surface area contributed by atoms with Gasteiger partial charge in [0.2, 0.25) is 0 Å². The molecule has 0 radical (unpaired) electrons. The van der Waals surface area contributed by atoms with Gasteiger partial charge in [0.25, 0.3) is 11.5 Å². The van der Waals surface area contributed by atoms with Gasteiger partial charge in [-0.3, -0.25) is 28.7 Å². The zero-order valence-electron chi connectivity index (χ0n) is 15.0. The van der Waals surface area contributed by atoms with E-state index in [1.54, 1.807) is 18.3 Å². The van der Waals surface area contributed by atoms with E-state index in [1.165, 1.54) is 21.4 Å². The maximum Gasteiger partial charge on any atom is 0.330 e. The van der Waals surface area contributed by atoms with Crippen molar-refractivity contribution in [3.63, 3.8) is 0 Å². The summed E-state index contributed by atoms with van der Waals surface area (Å²) in [5.41, 5.74) is 0.0871. The van der Waals surface area contributed by atoms with E-state index in [0.29, 0.717) is 11.1 Å². The summed E-state index contributed by atoms with van der Waals surface area (Å²) in [5, 5.41) is 0.228. The smallest absolute Gasteiger partial charge is 0.274 e. The summed E-state index contributed by atoms with van der Waals surface area (Å²) in [7, 11) is 0. The minimum Gasteiger partial charge on any atom is -0.274 e. The highest BCUT2D eigenvalue weighted by molar-refractivity contribution is 5.98. The van der Waals surface area contributed by atoms with Gasteiger partial charge in [-0.1, -0.05) is 6.07 Å². The maximum absolute atomic E-state index is 13.0. The molecule has 3 heterocycles. The van der Waals surface area contributed by atoms with Crippen LogP contribution in [0.25, 0.3) is 11.0 Å². The highest BCUT2D eigenvalue weighted by Gasteiger charge is 2.27. The lowest BCUT2D eigenvalue weighted by Gasteiger charge is -2.10. The number of H-pyrrole nitrogens is 1. The molecule has 1 aliphatic carbocycles. The second-order valence-corrected chi connectivity index (χ2v) is 6.91. The first-order chi connectivity index (χ1) is 13.0. The van der Waals surface area contributed by atoms with E-state index < -0.39 is 11.2 Å². The van der Waals surface area contributed by atoms with E-state index in [4.69, 9.17) is 0 Å². The Labute approximate surface area is 153 Å². The van der Waals surface area contributed by atoms with E-state index in [0.717, 1.165) is 12.8 Å². The van der Waals surface area contributed by atoms with Gasteiger partial charge < -0.3 is 0 Å². The average Bonchev–Trinajstić information content (AvgIpc) is 3.46. The molecule has 1 fully saturated rings. The van der Waals surface area contributed by atoms with Gasteiger partial charge in [0.15, 0.2) is 0 Å². The summed E-state index contributed by atoms with van der Waals surface area (Å²) in [5.74, 6) is -0.340. The van der Waals surface area contributed by atoms with Crippen LogP contribution >= 0.6 is 0 Å². The Morgan fingerprint density at radius 1 is 1.30 bits per heavy atom. The van der Waals surface area contributed by atoms with Crippen molar-refractivity contribution in [2.75, 3.05) is 0 Å². The largest absolute Gasteiger partial charge is 0.330 e. The normalized spacial score (nSPS) is 14.9. The number of aromatic amines is 1. The lowest BCUT2D eigenvalue weighted by atomic mass is 10.2. The maximum atomic E-state index is 13.0. The number of nitrogens with one attached hydrogen (secondary N) is 1. The minimum atomic E-state index is -0.542. The Kier molecular flexibility index (Phi) is 4.10. The molecule has 8 heteroatoms. The van der Waals surface area contributed by atoms with E-state index in [-0.39, 0.29) is 28.9 Å². The molecule has 0 aliphatic heterocycles. The molecule has 0 bridgehead atoms. The van der Waals surface area contributed by atoms with Gasteiger partial charge in [0.05, 0.1) is 10.9 Å². The van der Waals surface area contributed by atoms with Gasteiger partial charge in [-0.15, -0.1) is 0 Å². The molecule has 4 rings (SSSR count). The highest BCUT2D eigenvalue weighted by Crippen LogP contribution is 2.34. The second-order valence-electron chi connectivity index (χ2n) is 6.91. The first-order valence-corrected chi connectivity index (χ1v) is 8.86. The molecule has 138 valence electrons. The number of rotatable bonds is 3. The Morgan fingerprint density at radius 2 is 2.07 bits per heavy atom. The van der Waals surface area contributed by atoms with Crippen LogP contribution in [0.2, 0.25) is 0 Å². The van der Waals surface area contributed by atoms with Crippen LogP contribution in [0.1, 0.15) is 43.1 Å². The fraction of sp³-hybridized carbons (Fsp3) is 0.316. The lowest BCUT2D eigenvalue weighted by molar-refractivity contribution is 0.0954. The monoisotopic (exact) mass is 365 g/mol. The van der Waals surface area contributed by atoms with E-state index in [9.17, 15) is 14.4 Å². The molecule has 27 heavy (non-hydrogen) atoms. The summed E-state index contributed by atoms with van der Waals surface area (Å²) < 4.78 is 2.92. The highest BCUT2D eigenvalue weighted by atomic mass is 16.2. The van der Waals surface area contributed by atoms with E-state index in [1.807, 2.05) is 19.9 Å². The molecule has 0 saturated heterocycles. The molecule has 0 aromatic carbocycles. The van der Waals surface area contributed by atoms with Crippen molar-refractivity contribution in [3.8, 4) is 0 Å². The lowest BCUT2D eigenvalue weighted by Crippen LogP contribution is -2.31. The fourth-order valence-corrected chi connectivity index (χ4v) is 3.04. The average molecular weight is 365 g/mol. The van der Waals surface area contributed by atoms with Crippen molar-refractivity contribution in [3.05, 3.63) is 68.5 Å². The quantitative estimate of drug-likeness (QED) is 0.754. The number of carbonyl (C=O) groups is 1. The van der Waals surface area contributed by atoms with Gasteiger partial charge in [0.1, 0.15) is 11.1 Å². The van der Waals surface area contributed by atoms with Crippen LogP contribution in [0, 0.1) is 0 Å². The zero-order valence-corrected chi connectivity index (χ0v) is 15.0. The van der Waals surface area contributed by atoms with Gasteiger partial charge in [-0.05, 0) is 44.9 Å². The number of nitrogens with zero attached hydrogens (tertiary/aromatic N) is 4. The van der Waals surface area contributed by atoms with Gasteiger partial charge in [-0.2, -0.15) is 0 Å². The zero-order chi connectivity index (χ0) is 19.1. The standard InChI is InChI=1S/C19H19N5O3/c1-11(2)21-15-5-3-4-8-23(15)18(26)12-9-14-16(20-10-12)24(13-6-7-13)19(27)22-17(14)25/h3-5,8-11,13H,6-7H2,1-2H3,(H,22,25,27). The van der Waals surface area contributed by atoms with Crippen molar-refractivity contribution < 1.29 is 4.79 Å². The van der Waals surface area contributed by atoms with Crippen LogP contribution in [0.3, 0.4) is 0 Å². The SMILES string of the molecule is CC(C)N=c1ccccn1C(=O)c1cnc2c(c1)c(=O)[nH]c(=O)n2C1CC1. The second kappa shape index (κ2) is 6.46. The Morgan fingerprint density at radius 3 is 2.78 bits per heavy atom. The summed E-state index contributed by atoms with van der Waals surface area (Å²) in [6, 6.07) is 6.87. The molecule has 3 aromatic rings. The van der Waals surface area contributed by atoms with Crippen molar-refractivity contribution >= 4 is 16.9 Å². The Balaban J connectivity index is 1.88. The number of pyridine rings is 2. The van der Waals surface area contributed by atoms with E-state index in [2.05, 4.69) is 15.0 Å². The Hall–Kier alpha value is -3.29. The topological polar surface area (TPSA) is 102 Å². The predicted octanol–water partition coefficient (Wildman–Crippen LogP) is 1.22. The number of aromatic nitrogens is 4. The molecular formula is C19H19N5O3. The fourth-order valence-electron chi connectivity index (χ4n) is 3.04. The van der Waals surface area contributed by atoms with Crippen LogP contribution in [0.15, 0.2) is 51.2 Å². The van der Waals surface area contributed by atoms with Gasteiger partial charge in [-0.25, -0.2) is 9.78 Å². The number of fused-ring (bicyclic) bond motifs is 1. The molecule has 1 N–H and O–H groups in total. The summed E-state index contributed by atoms with van der Waals surface area (Å²) in [6.45, 7) is 3.85. The summed E-state index contributed by atoms with van der Waals surface area (Å²) in [6.07, 6.45) is 4.79. The summed E-state index contributed by atoms with van der Waals surface area (Å²) >= 11 is 0. The third kappa shape index (κ3) is 3.14. The van der Waals surface area contributed by atoms with Crippen LogP contribution < -0.4 is 16.7 Å². The van der Waals surface area contributed by atoms with Gasteiger partial charge >= 0.3 is 5.69 Å². The van der Waals surface area contributed by atoms with Crippen molar-refractivity contribution in [2.45, 2.75) is 38.8 Å². The predicted molar refractivity (Wildman–Crippen MR) is 99.8 cm³/mol. The third-order valence-corrected chi connectivity index (χ3v) is 4.39. The van der Waals surface area contributed by atoms with Crippen LogP contribution in [-0.2, 0) is 0 Å². The molecule has 0 amide bonds. The number of hydrogen-bond acceptors (Lipinski definition) is 5. The first-order valence-electron chi connectivity index (χ1n) is 8.86. The molecule has 3 aromatic heterocycles. The number of hydrogen-bond donors (Lipinski definition) is 1. The molecule has 0 spiro atoms. The number of carbonyl (C=O) groups excluding carboxylic acids is 1. The third-order valence-electron chi connectivity index (χ3n) is 4.39.